The lowest BCUT2D eigenvalue weighted by molar-refractivity contribution is -0.384. The molecule has 0 unspecified atom stereocenters. The van der Waals surface area contributed by atoms with Crippen molar-refractivity contribution in [3.8, 4) is 0 Å². The molecule has 0 bridgehead atoms. The highest BCUT2D eigenvalue weighted by atomic mass is 16.6. The molecule has 0 aromatic heterocycles. The molecular formula is C17H27N5O3. The van der Waals surface area contributed by atoms with Crippen LogP contribution < -0.4 is 10.6 Å². The largest absolute Gasteiger partial charge is 0.379 e. The van der Waals surface area contributed by atoms with Gasteiger partial charge >= 0.3 is 0 Å². The Labute approximate surface area is 148 Å². The van der Waals surface area contributed by atoms with Crippen LogP contribution >= 0.6 is 0 Å². The third kappa shape index (κ3) is 6.67. The molecule has 25 heavy (non-hydrogen) atoms. The maximum absolute atomic E-state index is 11.8. The first kappa shape index (κ1) is 19.1. The number of nitrogens with one attached hydrogen (secondary N) is 2. The maximum atomic E-state index is 11.8. The summed E-state index contributed by atoms with van der Waals surface area (Å²) in [6.45, 7) is 6.41. The molecule has 1 saturated heterocycles. The number of carbonyl (C=O) groups is 1. The summed E-state index contributed by atoms with van der Waals surface area (Å²) in [7, 11) is 2.13. The van der Waals surface area contributed by atoms with E-state index in [2.05, 4.69) is 27.5 Å². The fourth-order valence-electron chi connectivity index (χ4n) is 2.78. The highest BCUT2D eigenvalue weighted by Gasteiger charge is 2.13. The number of para-hydroxylation sites is 2. The molecule has 2 rings (SSSR count). The first-order valence-electron chi connectivity index (χ1n) is 8.71. The van der Waals surface area contributed by atoms with Crippen LogP contribution in [0.3, 0.4) is 0 Å². The highest BCUT2D eigenvalue weighted by Crippen LogP contribution is 2.22. The van der Waals surface area contributed by atoms with Gasteiger partial charge in [-0.2, -0.15) is 0 Å². The molecule has 8 heteroatoms. The van der Waals surface area contributed by atoms with Crippen LogP contribution in [0.25, 0.3) is 0 Å². The number of likely N-dealkylation sites (N-methyl/N-ethyl adjacent to an activating group) is 1. The van der Waals surface area contributed by atoms with Gasteiger partial charge in [0.05, 0.1) is 4.92 Å². The zero-order valence-corrected chi connectivity index (χ0v) is 14.7. The van der Waals surface area contributed by atoms with Crippen molar-refractivity contribution < 1.29 is 9.72 Å². The molecule has 1 aliphatic heterocycles. The molecule has 1 heterocycles. The summed E-state index contributed by atoms with van der Waals surface area (Å²) >= 11 is 0. The number of hydrogen-bond donors (Lipinski definition) is 2. The molecule has 1 aliphatic rings. The van der Waals surface area contributed by atoms with E-state index in [9.17, 15) is 14.9 Å². The summed E-state index contributed by atoms with van der Waals surface area (Å²) in [6, 6.07) is 6.44. The Morgan fingerprint density at radius 1 is 1.20 bits per heavy atom. The zero-order valence-electron chi connectivity index (χ0n) is 14.7. The standard InChI is InChI=1S/C17H27N5O3/c1-20-11-13-21(14-12-20)10-4-8-19-17(23)7-9-18-15-5-2-3-6-16(15)22(24)25/h2-3,5-6,18H,4,7-14H2,1H3,(H,19,23). The number of nitro groups is 1. The van der Waals surface area contributed by atoms with E-state index < -0.39 is 4.92 Å². The number of nitro benzene ring substituents is 1. The van der Waals surface area contributed by atoms with E-state index in [0.29, 0.717) is 25.2 Å². The van der Waals surface area contributed by atoms with Crippen LogP contribution in [0, 0.1) is 10.1 Å². The molecular weight excluding hydrogens is 322 g/mol. The Kier molecular flexibility index (Phi) is 7.62. The zero-order chi connectivity index (χ0) is 18.1. The lowest BCUT2D eigenvalue weighted by Gasteiger charge is -2.32. The van der Waals surface area contributed by atoms with Crippen molar-refractivity contribution in [3.63, 3.8) is 0 Å². The smallest absolute Gasteiger partial charge is 0.292 e. The number of carbonyl (C=O) groups excluding carboxylic acids is 1. The van der Waals surface area contributed by atoms with Crippen LogP contribution in [0.15, 0.2) is 24.3 Å². The Bertz CT molecular complexity index is 573. The van der Waals surface area contributed by atoms with Crippen molar-refractivity contribution in [2.24, 2.45) is 0 Å². The molecule has 0 radical (unpaired) electrons. The molecule has 1 aromatic rings. The minimum atomic E-state index is -0.430. The van der Waals surface area contributed by atoms with Gasteiger partial charge in [-0.05, 0) is 26.1 Å². The van der Waals surface area contributed by atoms with Crippen molar-refractivity contribution in [3.05, 3.63) is 34.4 Å². The van der Waals surface area contributed by atoms with Gasteiger partial charge in [0, 0.05) is 51.8 Å². The van der Waals surface area contributed by atoms with Crippen molar-refractivity contribution in [1.29, 1.82) is 0 Å². The van der Waals surface area contributed by atoms with E-state index in [0.717, 1.165) is 39.1 Å². The summed E-state index contributed by atoms with van der Waals surface area (Å²) in [5.74, 6) is -0.0375. The summed E-state index contributed by atoms with van der Waals surface area (Å²) in [4.78, 5) is 27.1. The van der Waals surface area contributed by atoms with Crippen molar-refractivity contribution in [1.82, 2.24) is 15.1 Å². The summed E-state index contributed by atoms with van der Waals surface area (Å²) < 4.78 is 0. The normalized spacial score (nSPS) is 15.7. The lowest BCUT2D eigenvalue weighted by Crippen LogP contribution is -2.45. The first-order chi connectivity index (χ1) is 12.1. The van der Waals surface area contributed by atoms with Crippen LogP contribution in [-0.2, 0) is 4.79 Å². The third-order valence-electron chi connectivity index (χ3n) is 4.34. The number of rotatable bonds is 9. The van der Waals surface area contributed by atoms with E-state index in [4.69, 9.17) is 0 Å². The van der Waals surface area contributed by atoms with Crippen LogP contribution in [0.4, 0.5) is 11.4 Å². The second kappa shape index (κ2) is 9.95. The SMILES string of the molecule is CN1CCN(CCCNC(=O)CCNc2ccccc2[N+](=O)[O-])CC1. The number of hydrogen-bond acceptors (Lipinski definition) is 6. The molecule has 0 spiro atoms. The average molecular weight is 349 g/mol. The van der Waals surface area contributed by atoms with Gasteiger partial charge in [-0.15, -0.1) is 0 Å². The van der Waals surface area contributed by atoms with Crippen molar-refractivity contribution >= 4 is 17.3 Å². The fourth-order valence-corrected chi connectivity index (χ4v) is 2.78. The van der Waals surface area contributed by atoms with Crippen LogP contribution in [0.5, 0.6) is 0 Å². The molecule has 0 saturated carbocycles. The Morgan fingerprint density at radius 3 is 2.64 bits per heavy atom. The summed E-state index contributed by atoms with van der Waals surface area (Å²) in [5, 5.41) is 16.8. The predicted octanol–water partition coefficient (Wildman–Crippen LogP) is 1.15. The second-order valence-corrected chi connectivity index (χ2v) is 6.30. The predicted molar refractivity (Wildman–Crippen MR) is 97.8 cm³/mol. The van der Waals surface area contributed by atoms with Crippen molar-refractivity contribution in [2.75, 3.05) is 58.2 Å². The Morgan fingerprint density at radius 2 is 1.92 bits per heavy atom. The summed E-state index contributed by atoms with van der Waals surface area (Å²) in [5.41, 5.74) is 0.463. The molecule has 1 amide bonds. The van der Waals surface area contributed by atoms with Crippen LogP contribution in [0.1, 0.15) is 12.8 Å². The number of amides is 1. The van der Waals surface area contributed by atoms with Gasteiger partial charge in [0.15, 0.2) is 0 Å². The molecule has 8 nitrogen and oxygen atoms in total. The minimum absolute atomic E-state index is 0.0232. The maximum Gasteiger partial charge on any atom is 0.292 e. The van der Waals surface area contributed by atoms with E-state index in [1.54, 1.807) is 18.2 Å². The summed E-state index contributed by atoms with van der Waals surface area (Å²) in [6.07, 6.45) is 1.23. The molecule has 2 N–H and O–H groups in total. The average Bonchev–Trinajstić information content (AvgIpc) is 2.60. The van der Waals surface area contributed by atoms with E-state index in [1.807, 2.05) is 0 Å². The number of piperazine rings is 1. The van der Waals surface area contributed by atoms with Gasteiger partial charge in [0.1, 0.15) is 5.69 Å². The minimum Gasteiger partial charge on any atom is -0.379 e. The number of benzene rings is 1. The van der Waals surface area contributed by atoms with Crippen LogP contribution in [-0.4, -0.2) is 73.5 Å². The lowest BCUT2D eigenvalue weighted by atomic mass is 10.2. The third-order valence-corrected chi connectivity index (χ3v) is 4.34. The Balaban J connectivity index is 1.58. The van der Waals surface area contributed by atoms with E-state index in [1.165, 1.54) is 6.07 Å². The first-order valence-corrected chi connectivity index (χ1v) is 8.71. The van der Waals surface area contributed by atoms with Gasteiger partial charge < -0.3 is 20.4 Å². The molecule has 1 aromatic carbocycles. The van der Waals surface area contributed by atoms with Gasteiger partial charge in [-0.3, -0.25) is 14.9 Å². The van der Waals surface area contributed by atoms with E-state index in [-0.39, 0.29) is 11.6 Å². The monoisotopic (exact) mass is 349 g/mol. The number of nitrogens with zero attached hydrogens (tertiary/aromatic N) is 3. The van der Waals surface area contributed by atoms with Gasteiger partial charge in [0.2, 0.25) is 5.91 Å². The quantitative estimate of drug-likeness (QED) is 0.395. The molecule has 138 valence electrons. The highest BCUT2D eigenvalue weighted by molar-refractivity contribution is 5.76. The van der Waals surface area contributed by atoms with Gasteiger partial charge in [-0.1, -0.05) is 12.1 Å². The molecule has 0 aliphatic carbocycles. The number of anilines is 1. The fraction of sp³-hybridized carbons (Fsp3) is 0.588. The molecule has 1 fully saturated rings. The van der Waals surface area contributed by atoms with Gasteiger partial charge in [0.25, 0.3) is 5.69 Å². The second-order valence-electron chi connectivity index (χ2n) is 6.30. The Hall–Kier alpha value is -2.19. The van der Waals surface area contributed by atoms with E-state index >= 15 is 0 Å². The van der Waals surface area contributed by atoms with Crippen molar-refractivity contribution in [2.45, 2.75) is 12.8 Å². The van der Waals surface area contributed by atoms with Gasteiger partial charge in [-0.25, -0.2) is 0 Å². The van der Waals surface area contributed by atoms with Crippen LogP contribution in [0.2, 0.25) is 0 Å². The molecule has 0 atom stereocenters. The topological polar surface area (TPSA) is 90.8 Å².